The molecule has 2 fully saturated rings. The number of ether oxygens (including phenoxy) is 3. The van der Waals surface area contributed by atoms with Crippen LogP contribution in [0.5, 0.6) is 5.75 Å². The molecular formula is C31H31F5N4O5S. The molecule has 0 bridgehead atoms. The lowest BCUT2D eigenvalue weighted by Gasteiger charge is -2.33. The largest absolute Gasteiger partial charge is 0.508 e. The topological polar surface area (TPSA) is 101 Å². The van der Waals surface area contributed by atoms with E-state index in [1.807, 2.05) is 6.07 Å². The van der Waals surface area contributed by atoms with E-state index in [-0.39, 0.29) is 52.7 Å². The third kappa shape index (κ3) is 8.10. The molecular weight excluding hydrogens is 635 g/mol. The van der Waals surface area contributed by atoms with Crippen molar-refractivity contribution >= 4 is 44.9 Å². The van der Waals surface area contributed by atoms with Crippen LogP contribution in [0, 0.1) is 17.7 Å². The minimum Gasteiger partial charge on any atom is -0.461 e. The number of cyclic esters (lactones) is 2. The second kappa shape index (κ2) is 14.4. The van der Waals surface area contributed by atoms with Crippen molar-refractivity contribution in [3.05, 3.63) is 52.2 Å². The second-order valence-corrected chi connectivity index (χ2v) is 11.7. The van der Waals surface area contributed by atoms with Crippen LogP contribution in [0.25, 0.3) is 10.1 Å². The van der Waals surface area contributed by atoms with E-state index >= 15 is 0 Å². The van der Waals surface area contributed by atoms with Gasteiger partial charge in [-0.1, -0.05) is 24.0 Å². The summed E-state index contributed by atoms with van der Waals surface area (Å²) >= 11 is 1.15. The van der Waals surface area contributed by atoms with E-state index in [0.717, 1.165) is 49.4 Å². The molecule has 9 nitrogen and oxygen atoms in total. The normalized spacial score (nSPS) is 17.2. The molecule has 15 heteroatoms. The van der Waals surface area contributed by atoms with Gasteiger partial charge in [0, 0.05) is 38.8 Å². The summed E-state index contributed by atoms with van der Waals surface area (Å²) in [6, 6.07) is 7.30. The lowest BCUT2D eigenvalue weighted by molar-refractivity contribution is -0.126. The van der Waals surface area contributed by atoms with Gasteiger partial charge in [0.2, 0.25) is 6.86 Å². The van der Waals surface area contributed by atoms with Crippen LogP contribution in [0.3, 0.4) is 0 Å². The van der Waals surface area contributed by atoms with Crippen LogP contribution in [-0.4, -0.2) is 82.0 Å². The lowest BCUT2D eigenvalue weighted by Crippen LogP contribution is -2.43. The molecule has 3 heterocycles. The number of carbonyl (C=O) groups is 2. The zero-order valence-electron chi connectivity index (χ0n) is 24.7. The molecule has 2 saturated heterocycles. The molecule has 2 aromatic carbocycles. The van der Waals surface area contributed by atoms with E-state index < -0.39 is 37.3 Å². The van der Waals surface area contributed by atoms with E-state index in [0.29, 0.717) is 22.3 Å². The maximum absolute atomic E-state index is 14.5. The van der Waals surface area contributed by atoms with Crippen LogP contribution in [0.15, 0.2) is 30.3 Å². The van der Waals surface area contributed by atoms with Crippen molar-refractivity contribution in [2.24, 2.45) is 0 Å². The number of hydrogen-bond acceptors (Lipinski definition) is 9. The summed E-state index contributed by atoms with van der Waals surface area (Å²) in [7, 11) is 1.32. The number of thiophene rings is 1. The van der Waals surface area contributed by atoms with E-state index in [1.54, 1.807) is 12.1 Å². The highest BCUT2D eigenvalue weighted by Gasteiger charge is 2.32. The maximum atomic E-state index is 14.5. The number of amides is 1. The first kappa shape index (κ1) is 33.1. The molecule has 0 spiro atoms. The molecule has 1 unspecified atom stereocenters. The summed E-state index contributed by atoms with van der Waals surface area (Å²) in [4.78, 5) is 25.5. The number of likely N-dealkylation sites (tertiary alicyclic amines) is 1. The summed E-state index contributed by atoms with van der Waals surface area (Å²) in [6.45, 7) is 0.966. The monoisotopic (exact) mass is 666 g/mol. The fourth-order valence-corrected chi connectivity index (χ4v) is 6.60. The third-order valence-electron chi connectivity index (χ3n) is 7.57. The van der Waals surface area contributed by atoms with Gasteiger partial charge in [0.25, 0.3) is 5.91 Å². The molecule has 3 N–H and O–H groups in total. The number of rotatable bonds is 10. The van der Waals surface area contributed by atoms with Crippen LogP contribution in [-0.2, 0) is 15.9 Å². The number of alkyl halides is 4. The number of fused-ring (bicyclic) bond motifs is 1. The standard InChI is InChI=1S/C31H31F5N4O5S/c1-37-29(41)21-12-26(44-17-32)25(13-23(21)33)38-9-3-6-27-22(14-31(34,35)36)20-4-2-5-24(28(20)46-27)39-18-7-10-40(11-8-18)15-19-16-43-30(42)45-19/h2,4-5,12-13,18-19,38-39H,7-11,14-17H2,1H3,(H,37,41). The number of carbonyl (C=O) groups excluding carboxylic acids is 2. The number of benzene rings is 2. The predicted octanol–water partition coefficient (Wildman–Crippen LogP) is 5.69. The Morgan fingerprint density at radius 1 is 1.20 bits per heavy atom. The zero-order chi connectivity index (χ0) is 32.8. The Labute approximate surface area is 265 Å². The zero-order valence-corrected chi connectivity index (χ0v) is 25.5. The molecule has 246 valence electrons. The summed E-state index contributed by atoms with van der Waals surface area (Å²) in [6.07, 6.45) is -5.01. The van der Waals surface area contributed by atoms with Crippen LogP contribution in [0.1, 0.15) is 33.6 Å². The molecule has 0 radical (unpaired) electrons. The summed E-state index contributed by atoms with van der Waals surface area (Å²) in [5, 5.41) is 9.02. The quantitative estimate of drug-likeness (QED) is 0.144. The fraction of sp³-hybridized carbons (Fsp3) is 0.419. The van der Waals surface area contributed by atoms with Crippen LogP contribution < -0.4 is 20.7 Å². The molecule has 3 aromatic rings. The Morgan fingerprint density at radius 2 is 1.98 bits per heavy atom. The van der Waals surface area contributed by atoms with Crippen molar-refractivity contribution < 1.29 is 45.8 Å². The van der Waals surface area contributed by atoms with Gasteiger partial charge < -0.3 is 30.2 Å². The van der Waals surface area contributed by atoms with Crippen molar-refractivity contribution in [3.8, 4) is 17.6 Å². The van der Waals surface area contributed by atoms with Gasteiger partial charge in [-0.25, -0.2) is 13.6 Å². The van der Waals surface area contributed by atoms with Crippen molar-refractivity contribution in [2.75, 3.05) is 57.3 Å². The first-order valence-corrected chi connectivity index (χ1v) is 15.3. The Balaban J connectivity index is 1.31. The summed E-state index contributed by atoms with van der Waals surface area (Å²) < 4.78 is 84.0. The lowest BCUT2D eigenvalue weighted by atomic mass is 10.0. The van der Waals surface area contributed by atoms with E-state index in [9.17, 15) is 31.5 Å². The van der Waals surface area contributed by atoms with E-state index in [1.165, 1.54) is 7.05 Å². The molecule has 0 aliphatic carbocycles. The number of hydrogen-bond donors (Lipinski definition) is 3. The van der Waals surface area contributed by atoms with Gasteiger partial charge in [0.1, 0.15) is 18.2 Å². The highest BCUT2D eigenvalue weighted by Crippen LogP contribution is 2.39. The van der Waals surface area contributed by atoms with Gasteiger partial charge >= 0.3 is 12.3 Å². The number of anilines is 2. The predicted molar refractivity (Wildman–Crippen MR) is 163 cm³/mol. The molecule has 1 aromatic heterocycles. The highest BCUT2D eigenvalue weighted by atomic mass is 32.1. The Kier molecular flexibility index (Phi) is 10.4. The third-order valence-corrected chi connectivity index (χ3v) is 8.77. The molecule has 2 aliphatic heterocycles. The van der Waals surface area contributed by atoms with E-state index in [2.05, 4.69) is 32.7 Å². The van der Waals surface area contributed by atoms with Gasteiger partial charge in [-0.3, -0.25) is 9.69 Å². The molecule has 2 aliphatic rings. The fourth-order valence-electron chi connectivity index (χ4n) is 5.43. The smallest absolute Gasteiger partial charge is 0.461 e. The maximum Gasteiger partial charge on any atom is 0.508 e. The summed E-state index contributed by atoms with van der Waals surface area (Å²) in [5.74, 6) is 3.88. The highest BCUT2D eigenvalue weighted by molar-refractivity contribution is 7.20. The Morgan fingerprint density at radius 3 is 2.65 bits per heavy atom. The van der Waals surface area contributed by atoms with Gasteiger partial charge in [-0.05, 0) is 35.9 Å². The van der Waals surface area contributed by atoms with Crippen molar-refractivity contribution in [1.29, 1.82) is 0 Å². The minimum atomic E-state index is -4.47. The molecule has 1 amide bonds. The molecule has 1 atom stereocenters. The number of nitrogens with one attached hydrogen (secondary N) is 3. The van der Waals surface area contributed by atoms with Crippen molar-refractivity contribution in [1.82, 2.24) is 10.2 Å². The van der Waals surface area contributed by atoms with Crippen molar-refractivity contribution in [3.63, 3.8) is 0 Å². The average Bonchev–Trinajstić information content (AvgIpc) is 3.59. The molecule has 5 rings (SSSR count). The van der Waals surface area contributed by atoms with Gasteiger partial charge in [0.15, 0.2) is 6.10 Å². The minimum absolute atomic E-state index is 0.0269. The molecule has 0 saturated carbocycles. The van der Waals surface area contributed by atoms with Gasteiger partial charge in [0.05, 0.1) is 39.5 Å². The molecule has 46 heavy (non-hydrogen) atoms. The van der Waals surface area contributed by atoms with Gasteiger partial charge in [-0.2, -0.15) is 13.2 Å². The number of nitrogens with zero attached hydrogens (tertiary/aromatic N) is 1. The van der Waals surface area contributed by atoms with Crippen molar-refractivity contribution in [2.45, 2.75) is 37.6 Å². The van der Waals surface area contributed by atoms with Crippen LogP contribution in [0.2, 0.25) is 0 Å². The number of piperidine rings is 1. The first-order valence-electron chi connectivity index (χ1n) is 14.4. The SMILES string of the molecule is CNC(=O)c1cc(OCF)c(NCC#Cc2sc3c(NC4CCN(CC5COC(=O)O5)CC4)cccc3c2CC(F)(F)F)cc1F. The summed E-state index contributed by atoms with van der Waals surface area (Å²) in [5.41, 5.74) is 0.466. The van der Waals surface area contributed by atoms with E-state index in [4.69, 9.17) is 14.2 Å². The Bertz CT molecular complexity index is 1650. The van der Waals surface area contributed by atoms with Crippen LogP contribution >= 0.6 is 11.3 Å². The average molecular weight is 667 g/mol. The van der Waals surface area contributed by atoms with Crippen LogP contribution in [0.4, 0.5) is 38.1 Å². The van der Waals surface area contributed by atoms with Gasteiger partial charge in [-0.15, -0.1) is 11.3 Å². The Hall–Kier alpha value is -4.29. The second-order valence-electron chi connectivity index (χ2n) is 10.7. The number of halogens is 5. The first-order chi connectivity index (χ1) is 22.0.